The molecular weight excluding hydrogens is 218 g/mol. The van der Waals surface area contributed by atoms with Gasteiger partial charge in [0.1, 0.15) is 11.8 Å². The van der Waals surface area contributed by atoms with Gasteiger partial charge in [-0.3, -0.25) is 0 Å². The molecule has 0 radical (unpaired) electrons. The van der Waals surface area contributed by atoms with Gasteiger partial charge >= 0.3 is 5.97 Å². The fraction of sp³-hybridized carbons (Fsp3) is 0.462. The van der Waals surface area contributed by atoms with Crippen LogP contribution in [0.4, 0.5) is 5.69 Å². The molecule has 1 aromatic carbocycles. The number of para-hydroxylation sites is 1. The molecule has 1 aliphatic heterocycles. The molecule has 2 rings (SSSR count). The van der Waals surface area contributed by atoms with E-state index in [4.69, 9.17) is 9.47 Å². The largest absolute Gasteiger partial charge is 0.495 e. The third kappa shape index (κ3) is 1.95. The normalized spacial score (nSPS) is 18.5. The summed E-state index contributed by atoms with van der Waals surface area (Å²) in [5.41, 5.74) is 2.21. The zero-order valence-corrected chi connectivity index (χ0v) is 10.4. The van der Waals surface area contributed by atoms with E-state index in [1.54, 1.807) is 7.11 Å². The van der Waals surface area contributed by atoms with Gasteiger partial charge in [-0.1, -0.05) is 12.1 Å². The molecule has 17 heavy (non-hydrogen) atoms. The summed E-state index contributed by atoms with van der Waals surface area (Å²) in [7, 11) is 4.97. The number of esters is 1. The minimum absolute atomic E-state index is 0.191. The number of carbonyl (C=O) groups excluding carboxylic acids is 1. The number of aryl methyl sites for hydroxylation is 1. The van der Waals surface area contributed by atoms with Crippen molar-refractivity contribution in [2.24, 2.45) is 0 Å². The standard InChI is InChI=1S/C13H17NO3/c1-14-10(13(15)17-3)8-7-9-5-4-6-11(16-2)12(9)14/h4-6,10H,7-8H2,1-3H3. The molecule has 1 aromatic rings. The summed E-state index contributed by atoms with van der Waals surface area (Å²) in [6.07, 6.45) is 1.65. The first-order chi connectivity index (χ1) is 8.19. The average molecular weight is 235 g/mol. The number of ether oxygens (including phenoxy) is 2. The van der Waals surface area contributed by atoms with E-state index in [1.807, 2.05) is 24.1 Å². The van der Waals surface area contributed by atoms with E-state index in [1.165, 1.54) is 12.7 Å². The van der Waals surface area contributed by atoms with Crippen LogP contribution in [-0.2, 0) is 16.0 Å². The number of carbonyl (C=O) groups is 1. The predicted molar refractivity (Wildman–Crippen MR) is 65.5 cm³/mol. The van der Waals surface area contributed by atoms with Gasteiger partial charge in [-0.25, -0.2) is 4.79 Å². The molecule has 1 aliphatic rings. The Hall–Kier alpha value is -1.71. The molecule has 0 amide bonds. The number of benzene rings is 1. The van der Waals surface area contributed by atoms with Gasteiger partial charge in [-0.05, 0) is 24.5 Å². The number of likely N-dealkylation sites (N-methyl/N-ethyl adjacent to an activating group) is 1. The van der Waals surface area contributed by atoms with Crippen LogP contribution in [0.15, 0.2) is 18.2 Å². The fourth-order valence-electron chi connectivity index (χ4n) is 2.39. The molecule has 0 aliphatic carbocycles. The maximum Gasteiger partial charge on any atom is 0.328 e. The van der Waals surface area contributed by atoms with Crippen molar-refractivity contribution in [2.75, 3.05) is 26.2 Å². The van der Waals surface area contributed by atoms with Crippen molar-refractivity contribution in [1.29, 1.82) is 0 Å². The Labute approximate surface area is 101 Å². The summed E-state index contributed by atoms with van der Waals surface area (Å²) in [5.74, 6) is 0.614. The topological polar surface area (TPSA) is 38.8 Å². The minimum atomic E-state index is -0.219. The lowest BCUT2D eigenvalue weighted by Gasteiger charge is -2.35. The highest BCUT2D eigenvalue weighted by Crippen LogP contribution is 2.37. The SMILES string of the molecule is COC(=O)C1CCc2cccc(OC)c2N1C. The molecule has 4 heteroatoms. The van der Waals surface area contributed by atoms with Crippen molar-refractivity contribution >= 4 is 11.7 Å². The Balaban J connectivity index is 2.40. The molecule has 0 bridgehead atoms. The van der Waals surface area contributed by atoms with Crippen LogP contribution < -0.4 is 9.64 Å². The molecular formula is C13H17NO3. The van der Waals surface area contributed by atoms with Crippen molar-refractivity contribution in [2.45, 2.75) is 18.9 Å². The molecule has 0 saturated heterocycles. The Morgan fingerprint density at radius 3 is 2.82 bits per heavy atom. The van der Waals surface area contributed by atoms with Gasteiger partial charge in [0.25, 0.3) is 0 Å². The van der Waals surface area contributed by atoms with Crippen LogP contribution in [0, 0.1) is 0 Å². The van der Waals surface area contributed by atoms with Crippen LogP contribution in [0.5, 0.6) is 5.75 Å². The van der Waals surface area contributed by atoms with Crippen LogP contribution >= 0.6 is 0 Å². The molecule has 1 unspecified atom stereocenters. The molecule has 92 valence electrons. The van der Waals surface area contributed by atoms with Gasteiger partial charge in [0.2, 0.25) is 0 Å². The van der Waals surface area contributed by atoms with Crippen molar-refractivity contribution in [3.63, 3.8) is 0 Å². The number of rotatable bonds is 2. The Morgan fingerprint density at radius 2 is 2.18 bits per heavy atom. The van der Waals surface area contributed by atoms with Crippen LogP contribution in [0.25, 0.3) is 0 Å². The number of hydrogen-bond donors (Lipinski definition) is 0. The van der Waals surface area contributed by atoms with E-state index in [9.17, 15) is 4.79 Å². The second-order valence-corrected chi connectivity index (χ2v) is 4.16. The monoisotopic (exact) mass is 235 g/mol. The maximum absolute atomic E-state index is 11.7. The maximum atomic E-state index is 11.7. The van der Waals surface area contributed by atoms with Crippen LogP contribution in [0.2, 0.25) is 0 Å². The Morgan fingerprint density at radius 1 is 1.41 bits per heavy atom. The van der Waals surface area contributed by atoms with Gasteiger partial charge in [0.05, 0.1) is 19.9 Å². The molecule has 1 heterocycles. The summed E-state index contributed by atoms with van der Waals surface area (Å²) < 4.78 is 10.2. The third-order valence-electron chi connectivity index (χ3n) is 3.28. The number of hydrogen-bond acceptors (Lipinski definition) is 4. The summed E-state index contributed by atoms with van der Waals surface area (Å²) in [6.45, 7) is 0. The smallest absolute Gasteiger partial charge is 0.328 e. The van der Waals surface area contributed by atoms with Crippen molar-refractivity contribution < 1.29 is 14.3 Å². The van der Waals surface area contributed by atoms with E-state index < -0.39 is 0 Å². The van der Waals surface area contributed by atoms with Gasteiger partial charge in [0.15, 0.2) is 0 Å². The lowest BCUT2D eigenvalue weighted by molar-refractivity contribution is -0.142. The molecule has 0 spiro atoms. The quantitative estimate of drug-likeness (QED) is 0.730. The van der Waals surface area contributed by atoms with E-state index >= 15 is 0 Å². The number of fused-ring (bicyclic) bond motifs is 1. The summed E-state index contributed by atoms with van der Waals surface area (Å²) >= 11 is 0. The molecule has 1 atom stereocenters. The highest BCUT2D eigenvalue weighted by molar-refractivity contribution is 5.82. The molecule has 4 nitrogen and oxygen atoms in total. The number of methoxy groups -OCH3 is 2. The van der Waals surface area contributed by atoms with Gasteiger partial charge in [-0.15, -0.1) is 0 Å². The minimum Gasteiger partial charge on any atom is -0.495 e. The number of anilines is 1. The average Bonchev–Trinajstić information content (AvgIpc) is 2.37. The second kappa shape index (κ2) is 4.65. The van der Waals surface area contributed by atoms with E-state index in [0.717, 1.165) is 24.3 Å². The van der Waals surface area contributed by atoms with Crippen LogP contribution in [0.3, 0.4) is 0 Å². The third-order valence-corrected chi connectivity index (χ3v) is 3.28. The first-order valence-corrected chi connectivity index (χ1v) is 5.65. The van der Waals surface area contributed by atoms with Gasteiger partial charge in [-0.2, -0.15) is 0 Å². The zero-order valence-electron chi connectivity index (χ0n) is 10.4. The lowest BCUT2D eigenvalue weighted by atomic mass is 9.96. The summed E-state index contributed by atoms with van der Waals surface area (Å²) in [5, 5.41) is 0. The first kappa shape index (κ1) is 11.8. The summed E-state index contributed by atoms with van der Waals surface area (Å²) in [4.78, 5) is 13.6. The lowest BCUT2D eigenvalue weighted by Crippen LogP contribution is -2.42. The second-order valence-electron chi connectivity index (χ2n) is 4.16. The Bertz CT molecular complexity index is 416. The van der Waals surface area contributed by atoms with E-state index in [2.05, 4.69) is 6.07 Å². The van der Waals surface area contributed by atoms with Gasteiger partial charge < -0.3 is 14.4 Å². The predicted octanol–water partition coefficient (Wildman–Crippen LogP) is 1.62. The van der Waals surface area contributed by atoms with Crippen molar-refractivity contribution in [1.82, 2.24) is 0 Å². The molecule has 0 aromatic heterocycles. The molecule has 0 N–H and O–H groups in total. The number of nitrogens with zero attached hydrogens (tertiary/aromatic N) is 1. The van der Waals surface area contributed by atoms with Gasteiger partial charge in [0, 0.05) is 7.05 Å². The fourth-order valence-corrected chi connectivity index (χ4v) is 2.39. The van der Waals surface area contributed by atoms with Crippen molar-refractivity contribution in [3.05, 3.63) is 23.8 Å². The first-order valence-electron chi connectivity index (χ1n) is 5.65. The van der Waals surface area contributed by atoms with Crippen LogP contribution in [0.1, 0.15) is 12.0 Å². The van der Waals surface area contributed by atoms with E-state index in [-0.39, 0.29) is 12.0 Å². The molecule has 0 fully saturated rings. The van der Waals surface area contributed by atoms with Crippen molar-refractivity contribution in [3.8, 4) is 5.75 Å². The summed E-state index contributed by atoms with van der Waals surface area (Å²) in [6, 6.07) is 5.74. The highest BCUT2D eigenvalue weighted by atomic mass is 16.5. The Kier molecular flexibility index (Phi) is 3.22. The molecule has 0 saturated carbocycles. The van der Waals surface area contributed by atoms with Crippen LogP contribution in [-0.4, -0.2) is 33.3 Å². The zero-order chi connectivity index (χ0) is 12.4. The van der Waals surface area contributed by atoms with E-state index in [0.29, 0.717) is 0 Å². The highest BCUT2D eigenvalue weighted by Gasteiger charge is 2.31.